The molecule has 0 aliphatic carbocycles. The molecule has 0 saturated heterocycles. The fourth-order valence-corrected chi connectivity index (χ4v) is 1.48. The molecule has 1 atom stereocenters. The summed E-state index contributed by atoms with van der Waals surface area (Å²) in [5.41, 5.74) is 6.79. The highest BCUT2D eigenvalue weighted by molar-refractivity contribution is 5.77. The Morgan fingerprint density at radius 1 is 1.59 bits per heavy atom. The van der Waals surface area contributed by atoms with Gasteiger partial charge in [-0.3, -0.25) is 9.89 Å². The number of hydrogen-bond donors (Lipinski definition) is 2. The van der Waals surface area contributed by atoms with Crippen molar-refractivity contribution in [3.05, 3.63) is 18.0 Å². The number of carbonyl (C=O) groups excluding carboxylic acids is 1. The minimum Gasteiger partial charge on any atom is -0.345 e. The summed E-state index contributed by atoms with van der Waals surface area (Å²) in [6.45, 7) is 4.89. The first kappa shape index (κ1) is 13.7. The summed E-state index contributed by atoms with van der Waals surface area (Å²) in [5, 5.41) is 6.60. The summed E-state index contributed by atoms with van der Waals surface area (Å²) in [7, 11) is 1.81. The smallest absolute Gasteiger partial charge is 0.228 e. The highest BCUT2D eigenvalue weighted by Gasteiger charge is 2.13. The molecule has 1 aromatic heterocycles. The maximum atomic E-state index is 11.8. The molecule has 1 aromatic rings. The summed E-state index contributed by atoms with van der Waals surface area (Å²) in [5.74, 6) is 0.538. The molecule has 0 fully saturated rings. The molecule has 0 bridgehead atoms. The Labute approximate surface area is 102 Å². The summed E-state index contributed by atoms with van der Waals surface area (Å²) in [4.78, 5) is 13.6. The number of likely N-dealkylation sites (N-methyl/N-ethyl adjacent to an activating group) is 1. The molecule has 1 heterocycles. The van der Waals surface area contributed by atoms with Crippen LogP contribution in [0, 0.1) is 5.92 Å². The van der Waals surface area contributed by atoms with Crippen LogP contribution in [0.3, 0.4) is 0 Å². The Hall–Kier alpha value is -1.36. The van der Waals surface area contributed by atoms with Crippen molar-refractivity contribution in [3.63, 3.8) is 0 Å². The van der Waals surface area contributed by atoms with Crippen LogP contribution in [0.1, 0.15) is 26.0 Å². The van der Waals surface area contributed by atoms with Gasteiger partial charge in [-0.05, 0) is 18.4 Å². The number of aromatic amines is 1. The van der Waals surface area contributed by atoms with Crippen LogP contribution in [-0.4, -0.2) is 40.6 Å². The summed E-state index contributed by atoms with van der Waals surface area (Å²) >= 11 is 0. The molecule has 0 aliphatic rings. The standard InChI is InChI=1S/C12H22N4O/c1-9(2)11(13)5-7-16(3)12(17)8-10-4-6-14-15-10/h4,6,9,11H,5,7-8,13H2,1-3H3,(H,14,15). The average Bonchev–Trinajstić information content (AvgIpc) is 2.77. The van der Waals surface area contributed by atoms with E-state index in [1.807, 2.05) is 13.1 Å². The van der Waals surface area contributed by atoms with E-state index in [2.05, 4.69) is 24.0 Å². The van der Waals surface area contributed by atoms with Crippen molar-refractivity contribution in [2.24, 2.45) is 11.7 Å². The number of nitrogens with zero attached hydrogens (tertiary/aromatic N) is 2. The maximum absolute atomic E-state index is 11.8. The van der Waals surface area contributed by atoms with Gasteiger partial charge in [0.1, 0.15) is 0 Å². The number of aromatic nitrogens is 2. The number of rotatable bonds is 6. The molecule has 0 aromatic carbocycles. The first-order valence-electron chi connectivity index (χ1n) is 5.98. The van der Waals surface area contributed by atoms with E-state index in [1.165, 1.54) is 0 Å². The van der Waals surface area contributed by atoms with Crippen molar-refractivity contribution in [3.8, 4) is 0 Å². The van der Waals surface area contributed by atoms with Gasteiger partial charge >= 0.3 is 0 Å². The van der Waals surface area contributed by atoms with Crippen LogP contribution in [0.25, 0.3) is 0 Å². The van der Waals surface area contributed by atoms with E-state index < -0.39 is 0 Å². The van der Waals surface area contributed by atoms with Gasteiger partial charge in [0.05, 0.1) is 6.42 Å². The molecule has 0 aliphatic heterocycles. The zero-order valence-corrected chi connectivity index (χ0v) is 10.8. The van der Waals surface area contributed by atoms with Crippen molar-refractivity contribution in [2.75, 3.05) is 13.6 Å². The number of H-pyrrole nitrogens is 1. The Balaban J connectivity index is 2.32. The molecular formula is C12H22N4O. The van der Waals surface area contributed by atoms with Gasteiger partial charge in [0.15, 0.2) is 0 Å². The van der Waals surface area contributed by atoms with Crippen LogP contribution in [0.5, 0.6) is 0 Å². The normalized spacial score (nSPS) is 12.8. The SMILES string of the molecule is CC(C)C(N)CCN(C)C(=O)Cc1ccn[nH]1. The molecule has 96 valence electrons. The molecule has 1 amide bonds. The van der Waals surface area contributed by atoms with Crippen molar-refractivity contribution < 1.29 is 4.79 Å². The molecule has 0 radical (unpaired) electrons. The maximum Gasteiger partial charge on any atom is 0.228 e. The number of nitrogens with one attached hydrogen (secondary N) is 1. The van der Waals surface area contributed by atoms with Crippen LogP contribution >= 0.6 is 0 Å². The van der Waals surface area contributed by atoms with Crippen LogP contribution < -0.4 is 5.73 Å². The lowest BCUT2D eigenvalue weighted by atomic mass is 10.0. The van der Waals surface area contributed by atoms with Crippen molar-refractivity contribution in [1.29, 1.82) is 0 Å². The molecule has 3 N–H and O–H groups in total. The molecular weight excluding hydrogens is 216 g/mol. The number of amides is 1. The molecule has 1 unspecified atom stereocenters. The molecule has 5 heteroatoms. The lowest BCUT2D eigenvalue weighted by molar-refractivity contribution is -0.129. The van der Waals surface area contributed by atoms with E-state index >= 15 is 0 Å². The zero-order valence-electron chi connectivity index (χ0n) is 10.8. The second kappa shape index (κ2) is 6.39. The second-order valence-corrected chi connectivity index (χ2v) is 4.77. The van der Waals surface area contributed by atoms with Crippen molar-refractivity contribution >= 4 is 5.91 Å². The van der Waals surface area contributed by atoms with E-state index in [-0.39, 0.29) is 11.9 Å². The van der Waals surface area contributed by atoms with Gasteiger partial charge in [0.25, 0.3) is 0 Å². The van der Waals surface area contributed by atoms with Crippen molar-refractivity contribution in [1.82, 2.24) is 15.1 Å². The van der Waals surface area contributed by atoms with E-state index in [0.717, 1.165) is 12.1 Å². The fourth-order valence-electron chi connectivity index (χ4n) is 1.48. The average molecular weight is 238 g/mol. The predicted molar refractivity (Wildman–Crippen MR) is 67.4 cm³/mol. The van der Waals surface area contributed by atoms with E-state index in [9.17, 15) is 4.79 Å². The monoisotopic (exact) mass is 238 g/mol. The predicted octanol–water partition coefficient (Wildman–Crippen LogP) is 0.784. The van der Waals surface area contributed by atoms with Gasteiger partial charge in [-0.25, -0.2) is 0 Å². The summed E-state index contributed by atoms with van der Waals surface area (Å²) < 4.78 is 0. The van der Waals surface area contributed by atoms with Gasteiger partial charge in [0, 0.05) is 31.5 Å². The van der Waals surface area contributed by atoms with Crippen LogP contribution in [0.15, 0.2) is 12.3 Å². The van der Waals surface area contributed by atoms with Crippen molar-refractivity contribution in [2.45, 2.75) is 32.7 Å². The Bertz CT molecular complexity index is 334. The molecule has 5 nitrogen and oxygen atoms in total. The van der Waals surface area contributed by atoms with Crippen LogP contribution in [-0.2, 0) is 11.2 Å². The van der Waals surface area contributed by atoms with E-state index in [1.54, 1.807) is 11.1 Å². The van der Waals surface area contributed by atoms with Gasteiger partial charge in [-0.15, -0.1) is 0 Å². The number of nitrogens with two attached hydrogens (primary N) is 1. The summed E-state index contributed by atoms with van der Waals surface area (Å²) in [6, 6.07) is 1.96. The summed E-state index contributed by atoms with van der Waals surface area (Å²) in [6.07, 6.45) is 2.85. The van der Waals surface area contributed by atoms with E-state index in [4.69, 9.17) is 5.73 Å². The highest BCUT2D eigenvalue weighted by atomic mass is 16.2. The van der Waals surface area contributed by atoms with Gasteiger partial charge in [-0.2, -0.15) is 5.10 Å². The molecule has 0 saturated carbocycles. The first-order valence-corrected chi connectivity index (χ1v) is 5.98. The topological polar surface area (TPSA) is 75.0 Å². The molecule has 0 spiro atoms. The lowest BCUT2D eigenvalue weighted by Gasteiger charge is -2.21. The molecule has 17 heavy (non-hydrogen) atoms. The number of carbonyl (C=O) groups is 1. The minimum atomic E-state index is 0.0882. The second-order valence-electron chi connectivity index (χ2n) is 4.77. The van der Waals surface area contributed by atoms with Gasteiger partial charge in [-0.1, -0.05) is 13.8 Å². The Kier molecular flexibility index (Phi) is 5.15. The first-order chi connectivity index (χ1) is 8.00. The quantitative estimate of drug-likeness (QED) is 0.769. The van der Waals surface area contributed by atoms with Crippen LogP contribution in [0.4, 0.5) is 0 Å². The lowest BCUT2D eigenvalue weighted by Crippen LogP contribution is -2.35. The fraction of sp³-hybridized carbons (Fsp3) is 0.667. The third kappa shape index (κ3) is 4.56. The van der Waals surface area contributed by atoms with Gasteiger partial charge < -0.3 is 10.6 Å². The molecule has 1 rings (SSSR count). The highest BCUT2D eigenvalue weighted by Crippen LogP contribution is 2.04. The zero-order chi connectivity index (χ0) is 12.8. The largest absolute Gasteiger partial charge is 0.345 e. The Morgan fingerprint density at radius 2 is 2.29 bits per heavy atom. The number of hydrogen-bond acceptors (Lipinski definition) is 3. The third-order valence-electron chi connectivity index (χ3n) is 2.98. The minimum absolute atomic E-state index is 0.0882. The van der Waals surface area contributed by atoms with Gasteiger partial charge in [0.2, 0.25) is 5.91 Å². The van der Waals surface area contributed by atoms with Crippen LogP contribution in [0.2, 0.25) is 0 Å². The van der Waals surface area contributed by atoms with E-state index in [0.29, 0.717) is 18.9 Å². The third-order valence-corrected chi connectivity index (χ3v) is 2.98. The Morgan fingerprint density at radius 3 is 2.82 bits per heavy atom.